The Bertz CT molecular complexity index is 530. The number of rotatable bonds is 2. The molecule has 0 unspecified atom stereocenters. The Balaban J connectivity index is 2.26. The van der Waals surface area contributed by atoms with Gasteiger partial charge in [0.05, 0.1) is 12.7 Å². The van der Waals surface area contributed by atoms with Crippen LogP contribution in [0.25, 0.3) is 0 Å². The average molecular weight is 277 g/mol. The van der Waals surface area contributed by atoms with E-state index >= 15 is 0 Å². The lowest BCUT2D eigenvalue weighted by Gasteiger charge is -2.21. The van der Waals surface area contributed by atoms with Gasteiger partial charge in [-0.05, 0) is 24.6 Å². The predicted molar refractivity (Wildman–Crippen MR) is 75.6 cm³/mol. The molecule has 0 radical (unpaired) electrons. The molecule has 0 aromatic heterocycles. The second-order valence-electron chi connectivity index (χ2n) is 4.86. The van der Waals surface area contributed by atoms with E-state index in [9.17, 15) is 9.59 Å². The van der Waals surface area contributed by atoms with Gasteiger partial charge in [-0.15, -0.1) is 0 Å². The lowest BCUT2D eigenvalue weighted by molar-refractivity contribution is -0.129. The number of nitrogens with zero attached hydrogens (tertiary/aromatic N) is 2. The van der Waals surface area contributed by atoms with Gasteiger partial charge in [0.2, 0.25) is 5.91 Å². The molecule has 0 saturated carbocycles. The first-order chi connectivity index (χ1) is 9.52. The molecule has 1 saturated heterocycles. The zero-order valence-corrected chi connectivity index (χ0v) is 11.8. The average Bonchev–Trinajstić information content (AvgIpc) is 2.60. The SMILES string of the molecule is COc1ccc(N)cc1C(=O)N1CCCN(C)C(=O)C1. The molecule has 0 spiro atoms. The van der Waals surface area contributed by atoms with Crippen LogP contribution in [-0.4, -0.2) is 55.4 Å². The van der Waals surface area contributed by atoms with E-state index in [1.165, 1.54) is 7.11 Å². The van der Waals surface area contributed by atoms with Crippen molar-refractivity contribution in [3.05, 3.63) is 23.8 Å². The molecule has 0 aliphatic carbocycles. The van der Waals surface area contributed by atoms with Gasteiger partial charge >= 0.3 is 0 Å². The third-order valence-corrected chi connectivity index (χ3v) is 3.41. The number of hydrogen-bond acceptors (Lipinski definition) is 4. The summed E-state index contributed by atoms with van der Waals surface area (Å²) in [7, 11) is 3.25. The minimum absolute atomic E-state index is 0.0567. The van der Waals surface area contributed by atoms with Crippen LogP contribution in [0.5, 0.6) is 5.75 Å². The van der Waals surface area contributed by atoms with Crippen LogP contribution >= 0.6 is 0 Å². The lowest BCUT2D eigenvalue weighted by Crippen LogP contribution is -2.38. The fraction of sp³-hybridized carbons (Fsp3) is 0.429. The predicted octanol–water partition coefficient (Wildman–Crippen LogP) is 0.582. The smallest absolute Gasteiger partial charge is 0.258 e. The highest BCUT2D eigenvalue weighted by Crippen LogP contribution is 2.23. The lowest BCUT2D eigenvalue weighted by atomic mass is 10.1. The Morgan fingerprint density at radius 1 is 1.35 bits per heavy atom. The normalized spacial score (nSPS) is 16.0. The maximum atomic E-state index is 12.6. The fourth-order valence-corrected chi connectivity index (χ4v) is 2.22. The van der Waals surface area contributed by atoms with E-state index < -0.39 is 0 Å². The molecule has 1 aliphatic rings. The van der Waals surface area contributed by atoms with Crippen LogP contribution in [0, 0.1) is 0 Å². The monoisotopic (exact) mass is 277 g/mol. The third-order valence-electron chi connectivity index (χ3n) is 3.41. The first kappa shape index (κ1) is 14.2. The molecule has 1 fully saturated rings. The summed E-state index contributed by atoms with van der Waals surface area (Å²) in [5.74, 6) is 0.186. The summed E-state index contributed by atoms with van der Waals surface area (Å²) in [5.41, 5.74) is 6.61. The van der Waals surface area contributed by atoms with E-state index in [2.05, 4.69) is 0 Å². The second-order valence-corrected chi connectivity index (χ2v) is 4.86. The van der Waals surface area contributed by atoms with Gasteiger partial charge < -0.3 is 20.3 Å². The van der Waals surface area contributed by atoms with Crippen molar-refractivity contribution in [1.82, 2.24) is 9.80 Å². The van der Waals surface area contributed by atoms with Gasteiger partial charge in [-0.3, -0.25) is 9.59 Å². The number of benzene rings is 1. The quantitative estimate of drug-likeness (QED) is 0.802. The highest BCUT2D eigenvalue weighted by molar-refractivity contribution is 5.99. The molecule has 1 heterocycles. The van der Waals surface area contributed by atoms with Crippen molar-refractivity contribution in [2.75, 3.05) is 39.5 Å². The summed E-state index contributed by atoms with van der Waals surface area (Å²) in [6.45, 7) is 1.30. The van der Waals surface area contributed by atoms with Gasteiger partial charge in [0.15, 0.2) is 0 Å². The van der Waals surface area contributed by atoms with Crippen molar-refractivity contribution < 1.29 is 14.3 Å². The minimum atomic E-state index is -0.224. The van der Waals surface area contributed by atoms with Crippen molar-refractivity contribution in [3.8, 4) is 5.75 Å². The molecule has 0 bridgehead atoms. The fourth-order valence-electron chi connectivity index (χ4n) is 2.22. The Morgan fingerprint density at radius 2 is 2.10 bits per heavy atom. The molecule has 108 valence electrons. The Labute approximate surface area is 118 Å². The number of anilines is 1. The number of nitrogens with two attached hydrogens (primary N) is 1. The molecule has 20 heavy (non-hydrogen) atoms. The van der Waals surface area contributed by atoms with Crippen LogP contribution in [-0.2, 0) is 4.79 Å². The number of nitrogen functional groups attached to an aromatic ring is 1. The van der Waals surface area contributed by atoms with Gasteiger partial charge in [0.25, 0.3) is 5.91 Å². The largest absolute Gasteiger partial charge is 0.496 e. The summed E-state index contributed by atoms with van der Waals surface area (Å²) in [5, 5.41) is 0. The van der Waals surface area contributed by atoms with Crippen LogP contribution in [0.4, 0.5) is 5.69 Å². The van der Waals surface area contributed by atoms with Gasteiger partial charge in [-0.1, -0.05) is 0 Å². The summed E-state index contributed by atoms with van der Waals surface area (Å²) in [4.78, 5) is 27.6. The molecule has 0 atom stereocenters. The van der Waals surface area contributed by atoms with E-state index in [4.69, 9.17) is 10.5 Å². The molecular formula is C14H19N3O3. The van der Waals surface area contributed by atoms with Crippen molar-refractivity contribution in [1.29, 1.82) is 0 Å². The van der Waals surface area contributed by atoms with Crippen LogP contribution in [0.3, 0.4) is 0 Å². The molecular weight excluding hydrogens is 258 g/mol. The summed E-state index contributed by atoms with van der Waals surface area (Å²) >= 11 is 0. The van der Waals surface area contributed by atoms with E-state index in [-0.39, 0.29) is 18.4 Å². The summed E-state index contributed by atoms with van der Waals surface area (Å²) in [6, 6.07) is 4.92. The van der Waals surface area contributed by atoms with Crippen molar-refractivity contribution in [2.45, 2.75) is 6.42 Å². The van der Waals surface area contributed by atoms with Crippen molar-refractivity contribution >= 4 is 17.5 Å². The van der Waals surface area contributed by atoms with Crippen molar-refractivity contribution in [2.24, 2.45) is 0 Å². The minimum Gasteiger partial charge on any atom is -0.496 e. The molecule has 2 amide bonds. The highest BCUT2D eigenvalue weighted by Gasteiger charge is 2.25. The van der Waals surface area contributed by atoms with Crippen LogP contribution < -0.4 is 10.5 Å². The van der Waals surface area contributed by atoms with E-state index in [0.717, 1.165) is 6.42 Å². The number of hydrogen-bond donors (Lipinski definition) is 1. The summed E-state index contributed by atoms with van der Waals surface area (Å²) < 4.78 is 5.19. The maximum Gasteiger partial charge on any atom is 0.258 e. The molecule has 2 rings (SSSR count). The highest BCUT2D eigenvalue weighted by atomic mass is 16.5. The second kappa shape index (κ2) is 5.81. The molecule has 1 aliphatic heterocycles. The van der Waals surface area contributed by atoms with E-state index in [1.807, 2.05) is 0 Å². The first-order valence-corrected chi connectivity index (χ1v) is 6.49. The number of ether oxygens (including phenoxy) is 1. The van der Waals surface area contributed by atoms with Gasteiger partial charge in [-0.2, -0.15) is 0 Å². The summed E-state index contributed by atoms with van der Waals surface area (Å²) in [6.07, 6.45) is 0.763. The molecule has 6 heteroatoms. The maximum absolute atomic E-state index is 12.6. The van der Waals surface area contributed by atoms with Crippen LogP contribution in [0.1, 0.15) is 16.8 Å². The number of carbonyl (C=O) groups is 2. The number of likely N-dealkylation sites (N-methyl/N-ethyl adjacent to an activating group) is 1. The zero-order valence-electron chi connectivity index (χ0n) is 11.8. The van der Waals surface area contributed by atoms with E-state index in [1.54, 1.807) is 35.0 Å². The van der Waals surface area contributed by atoms with Crippen LogP contribution in [0.15, 0.2) is 18.2 Å². The topological polar surface area (TPSA) is 75.9 Å². The van der Waals surface area contributed by atoms with E-state index in [0.29, 0.717) is 30.1 Å². The third kappa shape index (κ3) is 2.84. The van der Waals surface area contributed by atoms with Crippen molar-refractivity contribution in [3.63, 3.8) is 0 Å². The molecule has 1 aromatic rings. The number of methoxy groups -OCH3 is 1. The Morgan fingerprint density at radius 3 is 2.80 bits per heavy atom. The molecule has 6 nitrogen and oxygen atoms in total. The van der Waals surface area contributed by atoms with Gasteiger partial charge in [0.1, 0.15) is 12.3 Å². The number of amides is 2. The van der Waals surface area contributed by atoms with Crippen LogP contribution in [0.2, 0.25) is 0 Å². The molecule has 1 aromatic carbocycles. The Hall–Kier alpha value is -2.24. The zero-order chi connectivity index (χ0) is 14.7. The molecule has 2 N–H and O–H groups in total. The number of carbonyl (C=O) groups excluding carboxylic acids is 2. The first-order valence-electron chi connectivity index (χ1n) is 6.49. The standard InChI is InChI=1S/C14H19N3O3/c1-16-6-3-7-17(9-13(16)18)14(19)11-8-10(15)4-5-12(11)20-2/h4-5,8H,3,6-7,9,15H2,1-2H3. The van der Waals surface area contributed by atoms with Gasteiger partial charge in [0, 0.05) is 25.8 Å². The van der Waals surface area contributed by atoms with Gasteiger partial charge in [-0.25, -0.2) is 0 Å². The Kier molecular flexibility index (Phi) is 4.12.